The molecule has 0 saturated heterocycles. The van der Waals surface area contributed by atoms with Gasteiger partial charge >= 0.3 is 167 Å². The van der Waals surface area contributed by atoms with Crippen LogP contribution in [0.3, 0.4) is 0 Å². The van der Waals surface area contributed by atoms with Gasteiger partial charge in [0.1, 0.15) is 0 Å². The van der Waals surface area contributed by atoms with E-state index in [4.69, 9.17) is 0 Å². The summed E-state index contributed by atoms with van der Waals surface area (Å²) in [7, 11) is 0. The molecule has 0 aromatic heterocycles. The first-order chi connectivity index (χ1) is 40.6. The summed E-state index contributed by atoms with van der Waals surface area (Å²) in [6.45, 7) is 11.4. The quantitative estimate of drug-likeness (QED) is 0.0158. The van der Waals surface area contributed by atoms with Gasteiger partial charge in [0.15, 0.2) is 0 Å². The molecule has 82 heavy (non-hydrogen) atoms. The minimum atomic E-state index is 0.942. The Morgan fingerprint density at radius 2 is 0.646 bits per heavy atom. The first-order valence-corrected chi connectivity index (χ1v) is 38.3. The molecule has 2 aromatic rings. The summed E-state index contributed by atoms with van der Waals surface area (Å²) in [5, 5.41) is 2.86. The van der Waals surface area contributed by atoms with Crippen LogP contribution >= 0.6 is 0 Å². The Morgan fingerprint density at radius 1 is 0.341 bits per heavy atom. The molecule has 0 bridgehead atoms. The van der Waals surface area contributed by atoms with Gasteiger partial charge < -0.3 is 5.53 Å². The molecule has 476 valence electrons. The predicted molar refractivity (Wildman–Crippen MR) is 367 cm³/mol. The van der Waals surface area contributed by atoms with E-state index >= 15 is 0 Å². The maximum absolute atomic E-state index is 9.25. The zero-order valence-electron chi connectivity index (χ0n) is 55.9. The van der Waals surface area contributed by atoms with E-state index in [0.717, 1.165) is 32.1 Å². The number of aryl methyl sites for hydroxylation is 2. The van der Waals surface area contributed by atoms with Crippen molar-refractivity contribution in [3.8, 4) is 0 Å². The van der Waals surface area contributed by atoms with Gasteiger partial charge in [-0.3, -0.25) is 0 Å². The van der Waals surface area contributed by atoms with Crippen LogP contribution in [0.2, 0.25) is 10.8 Å². The summed E-state index contributed by atoms with van der Waals surface area (Å²) in [5.74, 6) is 2.74. The van der Waals surface area contributed by atoms with E-state index < -0.39 is 0 Å². The van der Waals surface area contributed by atoms with Crippen molar-refractivity contribution in [1.82, 2.24) is 0 Å². The Morgan fingerprint density at radius 3 is 0.976 bits per heavy atom. The second-order valence-corrected chi connectivity index (χ2v) is 26.8. The Hall–Kier alpha value is -2.17. The molecular weight excluding hydrogens is 1040 g/mol. The average Bonchev–Trinajstić information content (AvgIpc) is 3.68. The van der Waals surface area contributed by atoms with E-state index in [9.17, 15) is 5.53 Å². The van der Waals surface area contributed by atoms with Crippen LogP contribution in [0.25, 0.3) is 11.1 Å². The number of allylic oxidation sites excluding steroid dienone is 2. The molecule has 0 unspecified atom stereocenters. The van der Waals surface area contributed by atoms with Gasteiger partial charge in [-0.2, -0.15) is 0 Å². The Balaban J connectivity index is 0.00000112. The van der Waals surface area contributed by atoms with Crippen molar-refractivity contribution in [2.75, 3.05) is 0 Å². The van der Waals surface area contributed by atoms with Crippen LogP contribution in [-0.2, 0) is 27.3 Å². The molecule has 3 heteroatoms. The Bertz CT molecular complexity index is 1690. The number of hydrogen-bond donors (Lipinski definition) is 0. The van der Waals surface area contributed by atoms with Crippen molar-refractivity contribution in [3.05, 3.63) is 88.0 Å². The molecule has 0 aliphatic heterocycles. The van der Waals surface area contributed by atoms with E-state index in [0.29, 0.717) is 0 Å². The topological polar surface area (TPSA) is 36.4 Å². The molecule has 0 heterocycles. The van der Waals surface area contributed by atoms with E-state index in [1.807, 2.05) is 20.5 Å². The Labute approximate surface area is 520 Å². The normalized spacial score (nSPS) is 11.6. The van der Waals surface area contributed by atoms with Crippen LogP contribution in [0, 0.1) is 0 Å². The fraction of sp³-hybridized carbons (Fsp3) is 0.797. The first-order valence-electron chi connectivity index (χ1n) is 36.9. The van der Waals surface area contributed by atoms with E-state index in [-0.39, 0.29) is 0 Å². The summed E-state index contributed by atoms with van der Waals surface area (Å²) >= 11 is 2.03. The number of unbranched alkanes of at least 4 members (excludes halogenated alkanes) is 48. The molecular formula is C79H140N2Ni. The molecule has 0 amide bonds. The number of hydrogen-bond acceptors (Lipinski definition) is 0. The van der Waals surface area contributed by atoms with Gasteiger partial charge in [0.25, 0.3) is 5.87 Å². The molecule has 2 aromatic carbocycles. The van der Waals surface area contributed by atoms with Crippen LogP contribution < -0.4 is 0 Å². The third kappa shape index (κ3) is 51.1. The van der Waals surface area contributed by atoms with Crippen LogP contribution in [0.1, 0.15) is 404 Å². The van der Waals surface area contributed by atoms with E-state index in [2.05, 4.69) is 93.8 Å². The van der Waals surface area contributed by atoms with Gasteiger partial charge in [0, 0.05) is 0 Å². The van der Waals surface area contributed by atoms with Crippen molar-refractivity contribution >= 4 is 11.4 Å². The Kier molecular flexibility index (Phi) is 61.5. The van der Waals surface area contributed by atoms with Crippen LogP contribution in [0.15, 0.2) is 60.2 Å². The molecule has 0 N–H and O–H groups in total. The molecule has 0 saturated carbocycles. The van der Waals surface area contributed by atoms with Gasteiger partial charge in [0.2, 0.25) is 0 Å². The standard InChI is InChI=1S/C55H90N2.2C12H25.Ni/c1-4-7-10-12-14-15-16-17-18-19-20-21-22-23-24-25-26-27-28-29-30-31-32-34-35-38-50-43-45-53(46-44-50)55(52(41-9-6-3)47-48-57-56)54-42-37-40-51(49-54)39-36-33-13-11-8-5-2;2*1-3-5-7-9-11-12-10-8-6-4-2;/h37,40,42-47,49H,4-36,38-39,41H2,1-3H3;2*1,3-12H2,2H3;. The fourth-order valence-electron chi connectivity index (χ4n) is 11.9. The van der Waals surface area contributed by atoms with E-state index in [1.54, 1.807) is 0 Å². The molecule has 0 aliphatic rings. The molecule has 2 nitrogen and oxygen atoms in total. The van der Waals surface area contributed by atoms with Gasteiger partial charge in [-0.25, -0.2) is 0 Å². The molecule has 0 radical (unpaired) electrons. The van der Waals surface area contributed by atoms with Crippen LogP contribution in [0.5, 0.6) is 0 Å². The van der Waals surface area contributed by atoms with Gasteiger partial charge in [0.05, 0.1) is 6.08 Å². The monoisotopic (exact) mass is 1180 g/mol. The second kappa shape index (κ2) is 64.8. The molecule has 2 rings (SSSR count). The number of nitrogens with zero attached hydrogens (tertiary/aromatic N) is 2. The SMILES string of the molecule is CCCCCCCCCCCCCCCCCCCCCCCCCCCc1ccc(C(=C(C=C=[N+]=[N-])CCCC)c2cccc(CCCCCCCC)c2)cc1.CCCCCCCCCCC[CH2][Ni][CH2]CCCCCCCCCCC. The number of benzene rings is 2. The summed E-state index contributed by atoms with van der Waals surface area (Å²) in [6.07, 6.45) is 80.4. The van der Waals surface area contributed by atoms with Crippen molar-refractivity contribution in [1.29, 1.82) is 0 Å². The third-order valence-corrected chi connectivity index (χ3v) is 18.8. The van der Waals surface area contributed by atoms with Crippen LogP contribution in [-0.4, -0.2) is 10.7 Å². The van der Waals surface area contributed by atoms with Gasteiger partial charge in [-0.05, 0) is 71.9 Å². The number of rotatable bonds is 61. The van der Waals surface area contributed by atoms with Crippen LogP contribution in [0.4, 0.5) is 0 Å². The average molecular weight is 1180 g/mol. The first kappa shape index (κ1) is 77.8. The molecule has 0 spiro atoms. The summed E-state index contributed by atoms with van der Waals surface area (Å²) in [4.78, 5) is 3.22. The van der Waals surface area contributed by atoms with Crippen molar-refractivity contribution < 1.29 is 19.2 Å². The fourth-order valence-corrected chi connectivity index (χ4v) is 13.2. The summed E-state index contributed by atoms with van der Waals surface area (Å²) < 4.78 is 0. The zero-order chi connectivity index (χ0) is 59.0. The predicted octanol–water partition coefficient (Wildman–Crippen LogP) is 28.1. The van der Waals surface area contributed by atoms with E-state index in [1.165, 1.54) is 372 Å². The third-order valence-electron chi connectivity index (χ3n) is 17.4. The van der Waals surface area contributed by atoms with Crippen molar-refractivity contribution in [3.63, 3.8) is 0 Å². The minimum absolute atomic E-state index is 0.942. The molecule has 0 aliphatic carbocycles. The molecule has 0 fully saturated rings. The van der Waals surface area contributed by atoms with Gasteiger partial charge in [-0.15, -0.1) is 4.79 Å². The molecule has 0 atom stereocenters. The van der Waals surface area contributed by atoms with Crippen molar-refractivity contribution in [2.45, 2.75) is 405 Å². The maximum atomic E-state index is 9.25. The second-order valence-electron chi connectivity index (χ2n) is 25.4. The zero-order valence-corrected chi connectivity index (χ0v) is 56.9. The summed E-state index contributed by atoms with van der Waals surface area (Å²) in [5.41, 5.74) is 17.0. The van der Waals surface area contributed by atoms with Crippen molar-refractivity contribution in [2.24, 2.45) is 0 Å². The summed E-state index contributed by atoms with van der Waals surface area (Å²) in [6, 6.07) is 18.5. The van der Waals surface area contributed by atoms with Gasteiger partial charge in [-0.1, -0.05) is 262 Å².